The van der Waals surface area contributed by atoms with Crippen LogP contribution in [0.2, 0.25) is 0 Å². The molecule has 0 bridgehead atoms. The highest BCUT2D eigenvalue weighted by Gasteiger charge is 2.14. The van der Waals surface area contributed by atoms with Crippen molar-refractivity contribution in [1.29, 1.82) is 0 Å². The van der Waals surface area contributed by atoms with E-state index in [4.69, 9.17) is 10.5 Å². The van der Waals surface area contributed by atoms with Crippen molar-refractivity contribution in [3.8, 4) is 0 Å². The Morgan fingerprint density at radius 2 is 2.22 bits per heavy atom. The lowest BCUT2D eigenvalue weighted by Crippen LogP contribution is -2.33. The van der Waals surface area contributed by atoms with Gasteiger partial charge in [-0.25, -0.2) is 4.98 Å². The first-order valence-corrected chi connectivity index (χ1v) is 5.88. The molecule has 7 heteroatoms. The van der Waals surface area contributed by atoms with Gasteiger partial charge in [0.05, 0.1) is 6.61 Å². The Morgan fingerprint density at radius 1 is 1.39 bits per heavy atom. The van der Waals surface area contributed by atoms with Gasteiger partial charge in [0.2, 0.25) is 5.65 Å². The average molecular weight is 250 g/mol. The zero-order valence-electron chi connectivity index (χ0n) is 10.7. The Bertz CT molecular complexity index is 511. The molecule has 0 fully saturated rings. The van der Waals surface area contributed by atoms with E-state index in [1.165, 1.54) is 0 Å². The monoisotopic (exact) mass is 250 g/mol. The van der Waals surface area contributed by atoms with Crippen molar-refractivity contribution in [2.24, 2.45) is 5.73 Å². The van der Waals surface area contributed by atoms with E-state index >= 15 is 0 Å². The van der Waals surface area contributed by atoms with Crippen LogP contribution >= 0.6 is 0 Å². The van der Waals surface area contributed by atoms with Crippen LogP contribution in [-0.2, 0) is 4.74 Å². The number of hydrogen-bond acceptors (Lipinski definition) is 6. The molecule has 18 heavy (non-hydrogen) atoms. The standard InChI is InChI=1S/C11H18N6O/c1-9-14-15-11-10(13-4-6-17(9)11)16(5-3-12)7-8-18-2/h4,6H,3,5,7-8,12H2,1-2H3. The van der Waals surface area contributed by atoms with Gasteiger partial charge >= 0.3 is 0 Å². The summed E-state index contributed by atoms with van der Waals surface area (Å²) in [5.41, 5.74) is 6.38. The lowest BCUT2D eigenvalue weighted by atomic mass is 10.4. The fourth-order valence-electron chi connectivity index (χ4n) is 1.83. The highest BCUT2D eigenvalue weighted by atomic mass is 16.5. The summed E-state index contributed by atoms with van der Waals surface area (Å²) in [7, 11) is 1.68. The highest BCUT2D eigenvalue weighted by Crippen LogP contribution is 2.16. The van der Waals surface area contributed by atoms with Crippen molar-refractivity contribution in [1.82, 2.24) is 19.6 Å². The second-order valence-electron chi connectivity index (χ2n) is 3.96. The molecule has 2 aromatic heterocycles. The maximum absolute atomic E-state index is 5.63. The Morgan fingerprint density at radius 3 is 2.94 bits per heavy atom. The molecule has 2 heterocycles. The fraction of sp³-hybridized carbons (Fsp3) is 0.545. The first-order valence-electron chi connectivity index (χ1n) is 5.88. The molecule has 0 aromatic carbocycles. The molecule has 0 amide bonds. The van der Waals surface area contributed by atoms with Crippen LogP contribution in [0.15, 0.2) is 12.4 Å². The van der Waals surface area contributed by atoms with Crippen molar-refractivity contribution in [2.75, 3.05) is 38.3 Å². The van der Waals surface area contributed by atoms with E-state index in [-0.39, 0.29) is 0 Å². The molecule has 7 nitrogen and oxygen atoms in total. The smallest absolute Gasteiger partial charge is 0.203 e. The van der Waals surface area contributed by atoms with Crippen molar-refractivity contribution in [3.05, 3.63) is 18.2 Å². The summed E-state index contributed by atoms with van der Waals surface area (Å²) >= 11 is 0. The topological polar surface area (TPSA) is 81.6 Å². The van der Waals surface area contributed by atoms with Gasteiger partial charge < -0.3 is 15.4 Å². The van der Waals surface area contributed by atoms with Gasteiger partial charge in [0, 0.05) is 39.1 Å². The van der Waals surface area contributed by atoms with Crippen molar-refractivity contribution in [3.63, 3.8) is 0 Å². The van der Waals surface area contributed by atoms with Gasteiger partial charge in [-0.1, -0.05) is 0 Å². The van der Waals surface area contributed by atoms with Crippen LogP contribution in [0.3, 0.4) is 0 Å². The Labute approximate surface area is 106 Å². The van der Waals surface area contributed by atoms with E-state index in [1.807, 2.05) is 17.5 Å². The Hall–Kier alpha value is -1.73. The number of ether oxygens (including phenoxy) is 1. The van der Waals surface area contributed by atoms with Crippen LogP contribution < -0.4 is 10.6 Å². The summed E-state index contributed by atoms with van der Waals surface area (Å²) in [6, 6.07) is 0. The fourth-order valence-corrected chi connectivity index (χ4v) is 1.83. The van der Waals surface area contributed by atoms with Crippen molar-refractivity contribution in [2.45, 2.75) is 6.92 Å². The first-order chi connectivity index (χ1) is 8.77. The maximum atomic E-state index is 5.63. The van der Waals surface area contributed by atoms with Crippen LogP contribution in [0.1, 0.15) is 5.82 Å². The molecule has 0 saturated heterocycles. The third-order valence-electron chi connectivity index (χ3n) is 2.74. The largest absolute Gasteiger partial charge is 0.383 e. The summed E-state index contributed by atoms with van der Waals surface area (Å²) < 4.78 is 7.02. The number of nitrogens with two attached hydrogens (primary N) is 1. The first kappa shape index (κ1) is 12.7. The van der Waals surface area contributed by atoms with Gasteiger partial charge in [-0.3, -0.25) is 4.40 Å². The number of nitrogens with zero attached hydrogens (tertiary/aromatic N) is 5. The molecule has 0 spiro atoms. The third-order valence-corrected chi connectivity index (χ3v) is 2.74. The number of aromatic nitrogens is 4. The zero-order chi connectivity index (χ0) is 13.0. The number of fused-ring (bicyclic) bond motifs is 1. The quantitative estimate of drug-likeness (QED) is 0.767. The summed E-state index contributed by atoms with van der Waals surface area (Å²) in [4.78, 5) is 6.45. The molecule has 2 aromatic rings. The van der Waals surface area contributed by atoms with Gasteiger partial charge in [0.25, 0.3) is 0 Å². The van der Waals surface area contributed by atoms with Crippen LogP contribution in [0.4, 0.5) is 5.82 Å². The number of hydrogen-bond donors (Lipinski definition) is 1. The summed E-state index contributed by atoms with van der Waals surface area (Å²) in [6.07, 6.45) is 3.60. The van der Waals surface area contributed by atoms with Crippen LogP contribution in [0.5, 0.6) is 0 Å². The van der Waals surface area contributed by atoms with E-state index in [1.54, 1.807) is 13.3 Å². The Kier molecular flexibility index (Phi) is 4.06. The maximum Gasteiger partial charge on any atom is 0.203 e. The molecule has 0 saturated carbocycles. The van der Waals surface area contributed by atoms with Gasteiger partial charge in [-0.15, -0.1) is 10.2 Å². The normalized spacial score (nSPS) is 11.1. The lowest BCUT2D eigenvalue weighted by molar-refractivity contribution is 0.205. The SMILES string of the molecule is COCCN(CCN)c1nccn2c(C)nnc12. The van der Waals surface area contributed by atoms with Crippen LogP contribution in [0, 0.1) is 6.92 Å². The molecule has 2 rings (SSSR count). The van der Waals surface area contributed by atoms with Gasteiger partial charge in [-0.05, 0) is 6.92 Å². The predicted octanol–water partition coefficient (Wildman–Crippen LogP) is -0.156. The van der Waals surface area contributed by atoms with Crippen molar-refractivity contribution >= 4 is 11.5 Å². The molecular weight excluding hydrogens is 232 g/mol. The molecule has 2 N–H and O–H groups in total. The number of aryl methyl sites for hydroxylation is 1. The van der Waals surface area contributed by atoms with E-state index in [0.717, 1.165) is 23.8 Å². The zero-order valence-corrected chi connectivity index (χ0v) is 10.7. The van der Waals surface area contributed by atoms with E-state index < -0.39 is 0 Å². The second kappa shape index (κ2) is 5.74. The van der Waals surface area contributed by atoms with Crippen LogP contribution in [0.25, 0.3) is 5.65 Å². The highest BCUT2D eigenvalue weighted by molar-refractivity contribution is 5.63. The van der Waals surface area contributed by atoms with Crippen LogP contribution in [-0.4, -0.2) is 52.9 Å². The van der Waals surface area contributed by atoms with E-state index in [0.29, 0.717) is 19.7 Å². The molecule has 0 radical (unpaired) electrons. The molecule has 0 aliphatic carbocycles. The van der Waals surface area contributed by atoms with Crippen molar-refractivity contribution < 1.29 is 4.74 Å². The summed E-state index contributed by atoms with van der Waals surface area (Å²) in [5, 5.41) is 8.22. The van der Waals surface area contributed by atoms with Gasteiger partial charge in [0.1, 0.15) is 5.82 Å². The van der Waals surface area contributed by atoms with E-state index in [9.17, 15) is 0 Å². The summed E-state index contributed by atoms with van der Waals surface area (Å²) in [5.74, 6) is 1.63. The Balaban J connectivity index is 2.36. The average Bonchev–Trinajstić information content (AvgIpc) is 2.77. The minimum Gasteiger partial charge on any atom is -0.383 e. The molecule has 0 atom stereocenters. The second-order valence-corrected chi connectivity index (χ2v) is 3.96. The van der Waals surface area contributed by atoms with Gasteiger partial charge in [0.15, 0.2) is 5.82 Å². The molecule has 0 unspecified atom stereocenters. The predicted molar refractivity (Wildman–Crippen MR) is 68.7 cm³/mol. The molecular formula is C11H18N6O. The molecule has 0 aliphatic rings. The molecule has 98 valence electrons. The van der Waals surface area contributed by atoms with E-state index in [2.05, 4.69) is 20.1 Å². The minimum atomic E-state index is 0.555. The number of anilines is 1. The lowest BCUT2D eigenvalue weighted by Gasteiger charge is -2.22. The van der Waals surface area contributed by atoms with Gasteiger partial charge in [-0.2, -0.15) is 0 Å². The molecule has 0 aliphatic heterocycles. The number of methoxy groups -OCH3 is 1. The minimum absolute atomic E-state index is 0.555. The number of rotatable bonds is 6. The summed E-state index contributed by atoms with van der Waals surface area (Å²) in [6.45, 7) is 4.52. The third kappa shape index (κ3) is 2.41.